The third-order valence-corrected chi connectivity index (χ3v) is 4.53. The van der Waals surface area contributed by atoms with Crippen molar-refractivity contribution < 1.29 is 14.3 Å². The Morgan fingerprint density at radius 1 is 1.48 bits per heavy atom. The van der Waals surface area contributed by atoms with E-state index in [9.17, 15) is 4.79 Å². The summed E-state index contributed by atoms with van der Waals surface area (Å²) in [7, 11) is 1.59. The van der Waals surface area contributed by atoms with Crippen molar-refractivity contribution in [2.45, 2.75) is 45.4 Å². The molecule has 3 atom stereocenters. The number of amides is 1. The number of carbonyl (C=O) groups is 1. The molecule has 128 valence electrons. The minimum atomic E-state index is -0.225. The summed E-state index contributed by atoms with van der Waals surface area (Å²) in [5, 5.41) is 0. The van der Waals surface area contributed by atoms with Gasteiger partial charge in [0.1, 0.15) is 6.10 Å². The quantitative estimate of drug-likeness (QED) is 0.901. The standard InChI is InChI=1S/C18H28N2O3/c1-12-5-6-13(2)16(7-12)17-10-20(14(3)11-23-17)18(21)8-15(9-19)22-4/h5-7,14-15,17H,8-11,19H2,1-4H3. The zero-order valence-electron chi connectivity index (χ0n) is 14.5. The topological polar surface area (TPSA) is 64.8 Å². The molecule has 0 saturated carbocycles. The lowest BCUT2D eigenvalue weighted by Crippen LogP contribution is -2.49. The molecule has 0 aliphatic carbocycles. The second-order valence-corrected chi connectivity index (χ2v) is 6.37. The Kier molecular flexibility index (Phi) is 6.16. The van der Waals surface area contributed by atoms with Crippen LogP contribution < -0.4 is 5.73 Å². The van der Waals surface area contributed by atoms with Crippen molar-refractivity contribution in [1.29, 1.82) is 0 Å². The molecule has 1 aromatic carbocycles. The van der Waals surface area contributed by atoms with E-state index in [0.717, 1.165) is 5.56 Å². The number of methoxy groups -OCH3 is 1. The van der Waals surface area contributed by atoms with Gasteiger partial charge < -0.3 is 20.1 Å². The number of nitrogens with zero attached hydrogens (tertiary/aromatic N) is 1. The molecule has 3 unspecified atom stereocenters. The molecule has 0 bridgehead atoms. The first-order valence-corrected chi connectivity index (χ1v) is 8.17. The molecule has 0 aromatic heterocycles. The first kappa shape index (κ1) is 17.9. The zero-order valence-corrected chi connectivity index (χ0v) is 14.5. The molecule has 1 aliphatic rings. The normalized spacial score (nSPS) is 22.9. The summed E-state index contributed by atoms with van der Waals surface area (Å²) < 4.78 is 11.2. The molecule has 2 rings (SSSR count). The average Bonchev–Trinajstić information content (AvgIpc) is 2.55. The molecular formula is C18H28N2O3. The van der Waals surface area contributed by atoms with Crippen LogP contribution in [-0.4, -0.2) is 49.8 Å². The van der Waals surface area contributed by atoms with Gasteiger partial charge in [0.15, 0.2) is 0 Å². The number of nitrogens with two attached hydrogens (primary N) is 1. The summed E-state index contributed by atoms with van der Waals surface area (Å²) in [6.07, 6.45) is 0.0160. The lowest BCUT2D eigenvalue weighted by atomic mass is 9.98. The number of carbonyl (C=O) groups excluding carboxylic acids is 1. The number of aryl methyl sites for hydroxylation is 2. The highest BCUT2D eigenvalue weighted by Crippen LogP contribution is 2.28. The Labute approximate surface area is 138 Å². The predicted octanol–water partition coefficient (Wildman–Crippen LogP) is 1.96. The third-order valence-electron chi connectivity index (χ3n) is 4.53. The maximum atomic E-state index is 12.6. The van der Waals surface area contributed by atoms with Gasteiger partial charge in [-0.05, 0) is 31.9 Å². The SMILES string of the molecule is COC(CN)CC(=O)N1CC(c2cc(C)ccc2C)OCC1C. The number of benzene rings is 1. The molecule has 1 saturated heterocycles. The fourth-order valence-electron chi connectivity index (χ4n) is 2.97. The van der Waals surface area contributed by atoms with E-state index in [1.54, 1.807) is 7.11 Å². The van der Waals surface area contributed by atoms with Gasteiger partial charge in [0.05, 0.1) is 31.7 Å². The van der Waals surface area contributed by atoms with Crippen molar-refractivity contribution in [3.05, 3.63) is 34.9 Å². The van der Waals surface area contributed by atoms with E-state index < -0.39 is 0 Å². The van der Waals surface area contributed by atoms with Crippen LogP contribution in [0.25, 0.3) is 0 Å². The van der Waals surface area contributed by atoms with Crippen LogP contribution in [0.3, 0.4) is 0 Å². The van der Waals surface area contributed by atoms with Gasteiger partial charge in [-0.3, -0.25) is 4.79 Å². The molecule has 5 heteroatoms. The fraction of sp³-hybridized carbons (Fsp3) is 0.611. The average molecular weight is 320 g/mol. The van der Waals surface area contributed by atoms with Gasteiger partial charge in [0, 0.05) is 13.7 Å². The van der Waals surface area contributed by atoms with Crippen LogP contribution in [0.2, 0.25) is 0 Å². The first-order valence-electron chi connectivity index (χ1n) is 8.17. The van der Waals surface area contributed by atoms with Gasteiger partial charge in [0.25, 0.3) is 0 Å². The lowest BCUT2D eigenvalue weighted by molar-refractivity contribution is -0.146. The van der Waals surface area contributed by atoms with Crippen LogP contribution in [0.5, 0.6) is 0 Å². The van der Waals surface area contributed by atoms with Gasteiger partial charge in [0.2, 0.25) is 5.91 Å². The number of morpholine rings is 1. The van der Waals surface area contributed by atoms with Gasteiger partial charge >= 0.3 is 0 Å². The molecule has 0 spiro atoms. The van der Waals surface area contributed by atoms with Gasteiger partial charge in [-0.25, -0.2) is 0 Å². The summed E-state index contributed by atoms with van der Waals surface area (Å²) in [6, 6.07) is 6.42. The second kappa shape index (κ2) is 7.90. The number of rotatable bonds is 5. The van der Waals surface area contributed by atoms with E-state index in [-0.39, 0.29) is 24.2 Å². The maximum Gasteiger partial charge on any atom is 0.225 e. The zero-order chi connectivity index (χ0) is 17.0. The highest BCUT2D eigenvalue weighted by molar-refractivity contribution is 5.77. The van der Waals surface area contributed by atoms with Crippen molar-refractivity contribution in [2.75, 3.05) is 26.8 Å². The molecule has 0 radical (unpaired) electrons. The molecule has 2 N–H and O–H groups in total. The van der Waals surface area contributed by atoms with Crippen LogP contribution >= 0.6 is 0 Å². The smallest absolute Gasteiger partial charge is 0.225 e. The van der Waals surface area contributed by atoms with Crippen LogP contribution in [0, 0.1) is 13.8 Å². The van der Waals surface area contributed by atoms with Crippen molar-refractivity contribution in [3.63, 3.8) is 0 Å². The Bertz CT molecular complexity index is 543. The van der Waals surface area contributed by atoms with E-state index in [2.05, 4.69) is 32.0 Å². The van der Waals surface area contributed by atoms with Crippen molar-refractivity contribution in [2.24, 2.45) is 5.73 Å². The minimum absolute atomic E-state index is 0.0687. The Morgan fingerprint density at radius 2 is 2.22 bits per heavy atom. The Balaban J connectivity index is 2.12. The van der Waals surface area contributed by atoms with Gasteiger partial charge in [-0.1, -0.05) is 23.8 Å². The van der Waals surface area contributed by atoms with Crippen LogP contribution in [0.1, 0.15) is 36.1 Å². The molecule has 1 amide bonds. The van der Waals surface area contributed by atoms with E-state index >= 15 is 0 Å². The monoisotopic (exact) mass is 320 g/mol. The molecular weight excluding hydrogens is 292 g/mol. The summed E-state index contributed by atoms with van der Waals surface area (Å²) >= 11 is 0. The number of ether oxygens (including phenoxy) is 2. The summed E-state index contributed by atoms with van der Waals surface area (Å²) in [5.74, 6) is 0.0772. The van der Waals surface area contributed by atoms with Crippen molar-refractivity contribution in [1.82, 2.24) is 4.90 Å². The highest BCUT2D eigenvalue weighted by Gasteiger charge is 2.31. The minimum Gasteiger partial charge on any atom is -0.380 e. The highest BCUT2D eigenvalue weighted by atomic mass is 16.5. The van der Waals surface area contributed by atoms with Crippen LogP contribution in [0.4, 0.5) is 0 Å². The lowest BCUT2D eigenvalue weighted by Gasteiger charge is -2.39. The number of hydrogen-bond acceptors (Lipinski definition) is 4. The van der Waals surface area contributed by atoms with Crippen LogP contribution in [-0.2, 0) is 14.3 Å². The van der Waals surface area contributed by atoms with E-state index in [4.69, 9.17) is 15.2 Å². The largest absolute Gasteiger partial charge is 0.380 e. The first-order chi connectivity index (χ1) is 11.0. The predicted molar refractivity (Wildman–Crippen MR) is 90.3 cm³/mol. The molecule has 5 nitrogen and oxygen atoms in total. The Hall–Kier alpha value is -1.43. The second-order valence-electron chi connectivity index (χ2n) is 6.37. The van der Waals surface area contributed by atoms with E-state index in [1.165, 1.54) is 11.1 Å². The summed E-state index contributed by atoms with van der Waals surface area (Å²) in [4.78, 5) is 14.5. The van der Waals surface area contributed by atoms with Gasteiger partial charge in [-0.15, -0.1) is 0 Å². The Morgan fingerprint density at radius 3 is 2.87 bits per heavy atom. The molecule has 1 heterocycles. The maximum absolute atomic E-state index is 12.6. The molecule has 23 heavy (non-hydrogen) atoms. The fourth-order valence-corrected chi connectivity index (χ4v) is 2.97. The summed E-state index contributed by atoms with van der Waals surface area (Å²) in [6.45, 7) is 7.64. The molecule has 1 aromatic rings. The van der Waals surface area contributed by atoms with Gasteiger partial charge in [-0.2, -0.15) is 0 Å². The van der Waals surface area contributed by atoms with E-state index in [1.807, 2.05) is 11.8 Å². The summed E-state index contributed by atoms with van der Waals surface area (Å²) in [5.41, 5.74) is 9.19. The third kappa shape index (κ3) is 4.31. The van der Waals surface area contributed by atoms with Crippen LogP contribution in [0.15, 0.2) is 18.2 Å². The van der Waals surface area contributed by atoms with E-state index in [0.29, 0.717) is 26.1 Å². The van der Waals surface area contributed by atoms with Crippen molar-refractivity contribution in [3.8, 4) is 0 Å². The molecule has 1 fully saturated rings. The van der Waals surface area contributed by atoms with Crippen molar-refractivity contribution >= 4 is 5.91 Å². The number of hydrogen-bond donors (Lipinski definition) is 1. The molecule has 1 aliphatic heterocycles.